The van der Waals surface area contributed by atoms with Crippen molar-refractivity contribution in [3.05, 3.63) is 108 Å². The van der Waals surface area contributed by atoms with Gasteiger partial charge in [0.2, 0.25) is 0 Å². The van der Waals surface area contributed by atoms with Gasteiger partial charge in [-0.05, 0) is 30.5 Å². The Balaban J connectivity index is 1.56. The fourth-order valence-electron chi connectivity index (χ4n) is 4.73. The van der Waals surface area contributed by atoms with Crippen LogP contribution in [0.15, 0.2) is 96.2 Å². The van der Waals surface area contributed by atoms with Crippen LogP contribution in [0.1, 0.15) is 30.5 Å². The van der Waals surface area contributed by atoms with Crippen LogP contribution in [0.4, 0.5) is 0 Å². The average Bonchev–Trinajstić information content (AvgIpc) is 3.34. The third-order valence-corrected chi connectivity index (χ3v) is 6.11. The summed E-state index contributed by atoms with van der Waals surface area (Å²) in [6.07, 6.45) is -1.51. The fraction of sp³-hybridized carbons (Fsp3) is 0.296. The second-order valence-electron chi connectivity index (χ2n) is 8.71. The Labute approximate surface area is 193 Å². The van der Waals surface area contributed by atoms with Crippen molar-refractivity contribution >= 4 is 5.90 Å². The van der Waals surface area contributed by atoms with Crippen molar-refractivity contribution in [3.8, 4) is 0 Å². The van der Waals surface area contributed by atoms with Crippen LogP contribution in [0.2, 0.25) is 0 Å². The quantitative estimate of drug-likeness (QED) is 0.338. The number of hydrogen-bond acceptors (Lipinski definition) is 6. The van der Waals surface area contributed by atoms with Gasteiger partial charge >= 0.3 is 0 Å². The number of ether oxygens (including phenoxy) is 4. The number of rotatable bonds is 6. The molecular formula is C27H27NO5. The van der Waals surface area contributed by atoms with Crippen molar-refractivity contribution in [2.75, 3.05) is 6.61 Å². The van der Waals surface area contributed by atoms with Gasteiger partial charge in [-0.25, -0.2) is 0 Å². The van der Waals surface area contributed by atoms with E-state index in [1.165, 1.54) is 0 Å². The molecule has 3 aromatic rings. The Morgan fingerprint density at radius 3 is 1.76 bits per heavy atom. The maximum Gasteiger partial charge on any atom is 0.258 e. The first kappa shape index (κ1) is 21.6. The minimum atomic E-state index is -0.878. The molecule has 3 aromatic carbocycles. The summed E-state index contributed by atoms with van der Waals surface area (Å²) in [6.45, 7) is 3.86. The number of hydrogen-bond donors (Lipinski definition) is 1. The first-order valence-corrected chi connectivity index (χ1v) is 11.1. The lowest BCUT2D eigenvalue weighted by molar-refractivity contribution is -0.165. The van der Waals surface area contributed by atoms with Crippen molar-refractivity contribution < 1.29 is 24.2 Å². The lowest BCUT2D eigenvalue weighted by Crippen LogP contribution is -2.39. The molecule has 33 heavy (non-hydrogen) atoms. The summed E-state index contributed by atoms with van der Waals surface area (Å²) in [7, 11) is 0. The molecule has 3 atom stereocenters. The molecule has 0 saturated carbocycles. The fourth-order valence-corrected chi connectivity index (χ4v) is 4.73. The maximum atomic E-state index is 9.45. The number of oxime groups is 1. The molecule has 0 spiro atoms. The Kier molecular flexibility index (Phi) is 5.66. The van der Waals surface area contributed by atoms with E-state index in [1.807, 2.05) is 68.4 Å². The zero-order chi connectivity index (χ0) is 22.9. The van der Waals surface area contributed by atoms with Gasteiger partial charge in [0.25, 0.3) is 5.90 Å². The Hall–Kier alpha value is -3.19. The monoisotopic (exact) mass is 445 g/mol. The molecule has 0 unspecified atom stereocenters. The molecule has 6 nitrogen and oxygen atoms in total. The van der Waals surface area contributed by atoms with E-state index in [2.05, 4.69) is 41.6 Å². The molecule has 2 heterocycles. The first-order valence-electron chi connectivity index (χ1n) is 11.1. The molecule has 0 amide bonds. The molecular weight excluding hydrogens is 418 g/mol. The van der Waals surface area contributed by atoms with Gasteiger partial charge in [0.05, 0.1) is 6.61 Å². The van der Waals surface area contributed by atoms with E-state index in [-0.39, 0.29) is 12.5 Å². The van der Waals surface area contributed by atoms with Gasteiger partial charge in [0, 0.05) is 0 Å². The number of nitrogens with zero attached hydrogens (tertiary/aromatic N) is 1. The average molecular weight is 446 g/mol. The molecule has 2 aliphatic rings. The molecule has 1 N–H and O–H groups in total. The molecule has 0 aromatic heterocycles. The Morgan fingerprint density at radius 1 is 0.818 bits per heavy atom. The van der Waals surface area contributed by atoms with Crippen LogP contribution in [0.25, 0.3) is 0 Å². The van der Waals surface area contributed by atoms with Gasteiger partial charge in [-0.1, -0.05) is 96.2 Å². The second kappa shape index (κ2) is 8.63. The van der Waals surface area contributed by atoms with Crippen molar-refractivity contribution in [2.45, 2.75) is 43.5 Å². The standard InChI is InChI=1S/C27H27NO5/c1-26(2)32-23-22(31-25(28-29)24(23)33-26)18-30-27(19-12-6-3-7-13-19,20-14-8-4-9-15-20)21-16-10-5-11-17-21/h3-17,22-24,29H,18H2,1-2H3/b28-25+/t22-,23-,24-/m1/s1. The second-order valence-corrected chi connectivity index (χ2v) is 8.71. The third-order valence-electron chi connectivity index (χ3n) is 6.11. The SMILES string of the molecule is CC1(C)O[C@@H]2[C@@H](COC(c3ccccc3)(c3ccccc3)c3ccccc3)O/C(=N/O)[C@@H]2O1. The van der Waals surface area contributed by atoms with E-state index in [1.54, 1.807) is 0 Å². The highest BCUT2D eigenvalue weighted by molar-refractivity contribution is 5.83. The summed E-state index contributed by atoms with van der Waals surface area (Å²) in [5.41, 5.74) is 2.11. The van der Waals surface area contributed by atoms with Crippen LogP contribution in [0.5, 0.6) is 0 Å². The Morgan fingerprint density at radius 2 is 1.30 bits per heavy atom. The summed E-state index contributed by atoms with van der Waals surface area (Å²) in [5.74, 6) is -0.688. The van der Waals surface area contributed by atoms with E-state index in [4.69, 9.17) is 18.9 Å². The molecule has 0 aliphatic carbocycles. The van der Waals surface area contributed by atoms with Crippen LogP contribution in [0.3, 0.4) is 0 Å². The highest BCUT2D eigenvalue weighted by Gasteiger charge is 2.55. The van der Waals surface area contributed by atoms with Gasteiger partial charge in [-0.15, -0.1) is 0 Å². The molecule has 0 bridgehead atoms. The highest BCUT2D eigenvalue weighted by Crippen LogP contribution is 2.42. The van der Waals surface area contributed by atoms with Gasteiger partial charge in [-0.3, -0.25) is 0 Å². The summed E-state index contributed by atoms with van der Waals surface area (Å²) < 4.78 is 24.7. The molecule has 2 saturated heterocycles. The predicted octanol–water partition coefficient (Wildman–Crippen LogP) is 4.70. The van der Waals surface area contributed by atoms with Crippen molar-refractivity contribution in [3.63, 3.8) is 0 Å². The van der Waals surface area contributed by atoms with E-state index in [0.717, 1.165) is 16.7 Å². The minimum absolute atomic E-state index is 0.115. The van der Waals surface area contributed by atoms with Crippen molar-refractivity contribution in [1.82, 2.24) is 0 Å². The zero-order valence-corrected chi connectivity index (χ0v) is 18.6. The third kappa shape index (κ3) is 3.91. The molecule has 2 aliphatic heterocycles. The van der Waals surface area contributed by atoms with E-state index in [0.29, 0.717) is 0 Å². The largest absolute Gasteiger partial charge is 0.468 e. The summed E-state index contributed by atoms with van der Waals surface area (Å²) in [4.78, 5) is 0. The normalized spacial score (nSPS) is 25.0. The van der Waals surface area contributed by atoms with Crippen LogP contribution in [-0.2, 0) is 24.5 Å². The number of fused-ring (bicyclic) bond motifs is 1. The van der Waals surface area contributed by atoms with Crippen LogP contribution < -0.4 is 0 Å². The zero-order valence-electron chi connectivity index (χ0n) is 18.6. The lowest BCUT2D eigenvalue weighted by Gasteiger charge is -2.37. The van der Waals surface area contributed by atoms with Crippen molar-refractivity contribution in [1.29, 1.82) is 0 Å². The van der Waals surface area contributed by atoms with Gasteiger partial charge in [-0.2, -0.15) is 0 Å². The smallest absolute Gasteiger partial charge is 0.258 e. The Bertz CT molecular complexity index is 1000. The number of benzene rings is 3. The summed E-state index contributed by atoms with van der Waals surface area (Å²) >= 11 is 0. The van der Waals surface area contributed by atoms with Crippen LogP contribution >= 0.6 is 0 Å². The van der Waals surface area contributed by atoms with Gasteiger partial charge < -0.3 is 24.2 Å². The van der Waals surface area contributed by atoms with Gasteiger partial charge in [0.1, 0.15) is 11.7 Å². The molecule has 170 valence electrons. The van der Waals surface area contributed by atoms with E-state index in [9.17, 15) is 5.21 Å². The maximum absolute atomic E-state index is 9.45. The molecule has 6 heteroatoms. The predicted molar refractivity (Wildman–Crippen MR) is 123 cm³/mol. The molecule has 2 fully saturated rings. The van der Waals surface area contributed by atoms with Crippen molar-refractivity contribution in [2.24, 2.45) is 5.16 Å². The lowest BCUT2D eigenvalue weighted by atomic mass is 9.80. The molecule has 5 rings (SSSR count). The summed E-state index contributed by atoms with van der Waals surface area (Å²) in [5, 5.41) is 12.7. The van der Waals surface area contributed by atoms with E-state index < -0.39 is 29.7 Å². The first-order chi connectivity index (χ1) is 16.0. The highest BCUT2D eigenvalue weighted by atomic mass is 16.8. The van der Waals surface area contributed by atoms with Gasteiger partial charge in [0.15, 0.2) is 18.0 Å². The van der Waals surface area contributed by atoms with Crippen LogP contribution in [-0.4, -0.2) is 41.8 Å². The van der Waals surface area contributed by atoms with E-state index >= 15 is 0 Å². The summed E-state index contributed by atoms with van der Waals surface area (Å²) in [6, 6.07) is 30.4. The van der Waals surface area contributed by atoms with Crippen LogP contribution in [0, 0.1) is 0 Å². The molecule has 0 radical (unpaired) electrons. The minimum Gasteiger partial charge on any atom is -0.468 e. The topological polar surface area (TPSA) is 69.5 Å².